The zero-order chi connectivity index (χ0) is 28.8. The molecule has 0 bridgehead atoms. The Hall–Kier alpha value is -3.78. The summed E-state index contributed by atoms with van der Waals surface area (Å²) in [5.41, 5.74) is 2.46. The number of aliphatic hydroxyl groups is 1. The molecular weight excluding hydrogens is 508 g/mol. The van der Waals surface area contributed by atoms with Gasteiger partial charge in [-0.1, -0.05) is 75.7 Å². The first-order chi connectivity index (χ1) is 19.2. The molecular formula is C32H38N2O6. The van der Waals surface area contributed by atoms with E-state index in [1.165, 1.54) is 4.90 Å². The summed E-state index contributed by atoms with van der Waals surface area (Å²) in [6.45, 7) is 6.22. The summed E-state index contributed by atoms with van der Waals surface area (Å²) in [6, 6.07) is 15.8. The molecule has 3 atom stereocenters. The van der Waals surface area contributed by atoms with E-state index in [0.717, 1.165) is 22.5 Å². The molecule has 8 heteroatoms. The van der Waals surface area contributed by atoms with Gasteiger partial charge < -0.3 is 9.84 Å². The van der Waals surface area contributed by atoms with Crippen LogP contribution in [0, 0.1) is 11.8 Å². The average molecular weight is 547 g/mol. The van der Waals surface area contributed by atoms with Crippen molar-refractivity contribution in [2.24, 2.45) is 11.8 Å². The highest BCUT2D eigenvalue weighted by molar-refractivity contribution is 6.21. The van der Waals surface area contributed by atoms with Crippen LogP contribution in [0.3, 0.4) is 0 Å². The Morgan fingerprint density at radius 2 is 1.65 bits per heavy atom. The van der Waals surface area contributed by atoms with Gasteiger partial charge in [-0.25, -0.2) is 9.69 Å². The van der Waals surface area contributed by atoms with Crippen LogP contribution < -0.4 is 0 Å². The van der Waals surface area contributed by atoms with Gasteiger partial charge in [-0.15, -0.1) is 0 Å². The maximum Gasteiger partial charge on any atom is 0.416 e. The highest BCUT2D eigenvalue weighted by Gasteiger charge is 2.43. The Morgan fingerprint density at radius 3 is 2.25 bits per heavy atom. The third kappa shape index (κ3) is 6.33. The summed E-state index contributed by atoms with van der Waals surface area (Å²) in [7, 11) is 0. The number of hydrogen-bond acceptors (Lipinski definition) is 6. The summed E-state index contributed by atoms with van der Waals surface area (Å²) in [4.78, 5) is 54.9. The van der Waals surface area contributed by atoms with Gasteiger partial charge in [0.25, 0.3) is 11.8 Å². The predicted molar refractivity (Wildman–Crippen MR) is 150 cm³/mol. The summed E-state index contributed by atoms with van der Waals surface area (Å²) in [5, 5.41) is 11.6. The molecule has 0 spiro atoms. The molecule has 0 radical (unpaired) electrons. The van der Waals surface area contributed by atoms with Gasteiger partial charge in [0, 0.05) is 6.54 Å². The Bertz CT molecular complexity index is 1240. The number of nitrogens with zero attached hydrogens (tertiary/aromatic N) is 2. The summed E-state index contributed by atoms with van der Waals surface area (Å²) in [5.74, 6) is -1.99. The van der Waals surface area contributed by atoms with Gasteiger partial charge in [0.15, 0.2) is 0 Å². The molecule has 0 aliphatic carbocycles. The number of amides is 4. The average Bonchev–Trinajstić information content (AvgIpc) is 3.42. The molecule has 2 aliphatic rings. The maximum atomic E-state index is 14.0. The van der Waals surface area contributed by atoms with Gasteiger partial charge in [-0.05, 0) is 54.9 Å². The van der Waals surface area contributed by atoms with Crippen LogP contribution in [-0.2, 0) is 16.0 Å². The minimum atomic E-state index is -1.11. The van der Waals surface area contributed by atoms with Crippen LogP contribution in [0.1, 0.15) is 72.7 Å². The highest BCUT2D eigenvalue weighted by Crippen LogP contribution is 2.30. The minimum Gasteiger partial charge on any atom is -0.447 e. The predicted octanol–water partition coefficient (Wildman–Crippen LogP) is 5.01. The number of hydrogen-bond donors (Lipinski definition) is 1. The van der Waals surface area contributed by atoms with Gasteiger partial charge in [0.05, 0.1) is 29.2 Å². The van der Waals surface area contributed by atoms with Crippen LogP contribution >= 0.6 is 0 Å². The van der Waals surface area contributed by atoms with Crippen molar-refractivity contribution in [3.05, 3.63) is 82.9 Å². The zero-order valence-corrected chi connectivity index (χ0v) is 23.4. The second-order valence-electron chi connectivity index (χ2n) is 10.9. The molecule has 4 rings (SSSR count). The van der Waals surface area contributed by atoms with Crippen LogP contribution in [0.2, 0.25) is 0 Å². The molecule has 2 aromatic rings. The van der Waals surface area contributed by atoms with Crippen molar-refractivity contribution in [2.45, 2.75) is 65.0 Å². The molecule has 1 saturated heterocycles. The lowest BCUT2D eigenvalue weighted by Gasteiger charge is -2.30. The van der Waals surface area contributed by atoms with E-state index in [-0.39, 0.29) is 37.3 Å². The third-order valence-electron chi connectivity index (χ3n) is 7.45. The SMILES string of the molecule is CCCC(=CC(C)C)C(O)C(CCCN1C(=O)c2ccccc2C1=O)C(=O)N1C(=O)OCC1Cc1ccccc1. The third-order valence-corrected chi connectivity index (χ3v) is 7.45. The lowest BCUT2D eigenvalue weighted by atomic mass is 9.86. The molecule has 0 aromatic heterocycles. The Kier molecular flexibility index (Phi) is 9.53. The lowest BCUT2D eigenvalue weighted by molar-refractivity contribution is -0.136. The van der Waals surface area contributed by atoms with Crippen LogP contribution in [0.15, 0.2) is 66.2 Å². The molecule has 0 saturated carbocycles. The number of carbonyl (C=O) groups is 4. The first-order valence-electron chi connectivity index (χ1n) is 14.1. The van der Waals surface area contributed by atoms with E-state index in [9.17, 15) is 24.3 Å². The quantitative estimate of drug-likeness (QED) is 0.296. The number of carbonyl (C=O) groups excluding carboxylic acids is 4. The first-order valence-corrected chi connectivity index (χ1v) is 14.1. The highest BCUT2D eigenvalue weighted by atomic mass is 16.6. The fourth-order valence-electron chi connectivity index (χ4n) is 5.58. The van der Waals surface area contributed by atoms with Crippen molar-refractivity contribution in [3.8, 4) is 0 Å². The molecule has 1 N–H and O–H groups in total. The van der Waals surface area contributed by atoms with Gasteiger partial charge in [0.1, 0.15) is 6.61 Å². The number of allylic oxidation sites excluding steroid dienone is 1. The van der Waals surface area contributed by atoms with Crippen LogP contribution in [0.25, 0.3) is 0 Å². The molecule has 40 heavy (non-hydrogen) atoms. The number of ether oxygens (including phenoxy) is 1. The topological polar surface area (TPSA) is 104 Å². The van der Waals surface area contributed by atoms with Crippen molar-refractivity contribution in [2.75, 3.05) is 13.2 Å². The number of aliphatic hydroxyl groups excluding tert-OH is 1. The van der Waals surface area contributed by atoms with E-state index in [4.69, 9.17) is 4.74 Å². The van der Waals surface area contributed by atoms with Gasteiger partial charge >= 0.3 is 6.09 Å². The minimum absolute atomic E-state index is 0.0843. The second-order valence-corrected chi connectivity index (χ2v) is 10.9. The van der Waals surface area contributed by atoms with Crippen LogP contribution in [0.5, 0.6) is 0 Å². The van der Waals surface area contributed by atoms with E-state index in [1.807, 2.05) is 57.2 Å². The number of cyclic esters (lactones) is 1. The fourth-order valence-corrected chi connectivity index (χ4v) is 5.58. The largest absolute Gasteiger partial charge is 0.447 e. The Balaban J connectivity index is 1.55. The summed E-state index contributed by atoms with van der Waals surface area (Å²) in [6.07, 6.45) is 2.48. The molecule has 8 nitrogen and oxygen atoms in total. The normalized spacial score (nSPS) is 18.8. The van der Waals surface area contributed by atoms with E-state index >= 15 is 0 Å². The standard InChI is InChI=1S/C32H38N2O6/c1-4-11-23(18-21(2)3)28(35)27(16-10-17-33-29(36)25-14-8-9-15-26(25)30(33)37)31(38)34-24(20-40-32(34)39)19-22-12-6-5-7-13-22/h5-9,12-15,18,21,24,27-28,35H,4,10-11,16-17,19-20H2,1-3H3. The summed E-state index contributed by atoms with van der Waals surface area (Å²) >= 11 is 0. The molecule has 212 valence electrons. The van der Waals surface area contributed by atoms with Gasteiger partial charge in [-0.2, -0.15) is 0 Å². The second kappa shape index (κ2) is 13.0. The number of benzene rings is 2. The monoisotopic (exact) mass is 546 g/mol. The van der Waals surface area contributed by atoms with Crippen molar-refractivity contribution in [1.82, 2.24) is 9.80 Å². The van der Waals surface area contributed by atoms with Crippen molar-refractivity contribution < 1.29 is 29.0 Å². The molecule has 1 fully saturated rings. The smallest absolute Gasteiger partial charge is 0.416 e. The molecule has 2 aliphatic heterocycles. The molecule has 3 unspecified atom stereocenters. The summed E-state index contributed by atoms with van der Waals surface area (Å²) < 4.78 is 5.30. The number of fused-ring (bicyclic) bond motifs is 1. The van der Waals surface area contributed by atoms with Gasteiger partial charge in [0.2, 0.25) is 5.91 Å². The fraction of sp³-hybridized carbons (Fsp3) is 0.438. The Labute approximate surface area is 235 Å². The zero-order valence-electron chi connectivity index (χ0n) is 23.4. The van der Waals surface area contributed by atoms with E-state index < -0.39 is 30.1 Å². The lowest BCUT2D eigenvalue weighted by Crippen LogP contribution is -2.47. The van der Waals surface area contributed by atoms with E-state index in [2.05, 4.69) is 0 Å². The molecule has 2 heterocycles. The first kappa shape index (κ1) is 29.2. The van der Waals surface area contributed by atoms with E-state index in [1.54, 1.807) is 24.3 Å². The maximum absolute atomic E-state index is 14.0. The Morgan fingerprint density at radius 1 is 1.02 bits per heavy atom. The number of imide groups is 2. The van der Waals surface area contributed by atoms with Crippen molar-refractivity contribution in [1.29, 1.82) is 0 Å². The van der Waals surface area contributed by atoms with Gasteiger partial charge in [-0.3, -0.25) is 19.3 Å². The van der Waals surface area contributed by atoms with Crippen LogP contribution in [-0.4, -0.2) is 64.0 Å². The van der Waals surface area contributed by atoms with Crippen molar-refractivity contribution >= 4 is 23.8 Å². The van der Waals surface area contributed by atoms with Crippen LogP contribution in [0.4, 0.5) is 4.79 Å². The molecule has 4 amide bonds. The number of rotatable bonds is 12. The van der Waals surface area contributed by atoms with Crippen molar-refractivity contribution in [3.63, 3.8) is 0 Å². The molecule has 2 aromatic carbocycles. The van der Waals surface area contributed by atoms with E-state index in [0.29, 0.717) is 30.4 Å².